The molecule has 0 saturated heterocycles. The highest BCUT2D eigenvalue weighted by Gasteiger charge is 2.13. The van der Waals surface area contributed by atoms with Crippen molar-refractivity contribution < 1.29 is 13.6 Å². The number of benzene rings is 2. The normalized spacial score (nSPS) is 10.7. The van der Waals surface area contributed by atoms with Crippen LogP contribution >= 0.6 is 0 Å². The average molecular weight is 345 g/mol. The van der Waals surface area contributed by atoms with Crippen molar-refractivity contribution in [2.45, 2.75) is 6.92 Å². The number of hydrogen-bond donors (Lipinski definition) is 1. The first-order chi connectivity index (χ1) is 12.7. The molecule has 4 aromatic rings. The van der Waals surface area contributed by atoms with E-state index in [-0.39, 0.29) is 5.91 Å². The van der Waals surface area contributed by atoms with Gasteiger partial charge in [0.15, 0.2) is 0 Å². The molecule has 4 rings (SSSR count). The Hall–Kier alpha value is -3.67. The van der Waals surface area contributed by atoms with Gasteiger partial charge in [-0.3, -0.25) is 4.79 Å². The fourth-order valence-electron chi connectivity index (χ4n) is 2.55. The molecular weight excluding hydrogens is 330 g/mol. The number of nitrogens with zero attached hydrogens (tertiary/aromatic N) is 2. The van der Waals surface area contributed by atoms with Crippen LogP contribution in [0.5, 0.6) is 0 Å². The smallest absolute Gasteiger partial charge is 0.259 e. The standard InChI is InChI=1S/C20H15N3O3/c1-13-17(11-12-25-13)18(24)21-16-9-7-15(8-10-16)20-23-22-19(26-20)14-5-3-2-4-6-14/h2-12H,1H3,(H,21,24). The highest BCUT2D eigenvalue weighted by atomic mass is 16.4. The van der Waals surface area contributed by atoms with Crippen molar-refractivity contribution >= 4 is 11.6 Å². The molecule has 0 aliphatic rings. The predicted octanol–water partition coefficient (Wildman–Crippen LogP) is 4.56. The molecule has 6 nitrogen and oxygen atoms in total. The van der Waals surface area contributed by atoms with Crippen molar-refractivity contribution in [3.63, 3.8) is 0 Å². The van der Waals surface area contributed by atoms with Crippen LogP contribution < -0.4 is 5.32 Å². The van der Waals surface area contributed by atoms with E-state index in [0.29, 0.717) is 28.8 Å². The van der Waals surface area contributed by atoms with Crippen LogP contribution in [0.15, 0.2) is 75.8 Å². The summed E-state index contributed by atoms with van der Waals surface area (Å²) in [5.41, 5.74) is 2.82. The van der Waals surface area contributed by atoms with Gasteiger partial charge in [-0.05, 0) is 49.4 Å². The molecule has 1 amide bonds. The Kier molecular flexibility index (Phi) is 4.07. The van der Waals surface area contributed by atoms with E-state index in [1.807, 2.05) is 42.5 Å². The highest BCUT2D eigenvalue weighted by molar-refractivity contribution is 6.04. The van der Waals surface area contributed by atoms with E-state index in [2.05, 4.69) is 15.5 Å². The molecule has 0 spiro atoms. The van der Waals surface area contributed by atoms with E-state index in [1.165, 1.54) is 6.26 Å². The first kappa shape index (κ1) is 15.8. The molecule has 0 aliphatic heterocycles. The number of furan rings is 1. The number of amides is 1. The lowest BCUT2D eigenvalue weighted by Gasteiger charge is -2.04. The van der Waals surface area contributed by atoms with Gasteiger partial charge in [0.1, 0.15) is 5.76 Å². The van der Waals surface area contributed by atoms with Gasteiger partial charge in [0.25, 0.3) is 5.91 Å². The summed E-state index contributed by atoms with van der Waals surface area (Å²) in [7, 11) is 0. The second kappa shape index (κ2) is 6.68. The minimum atomic E-state index is -0.215. The van der Waals surface area contributed by atoms with Gasteiger partial charge >= 0.3 is 0 Å². The Morgan fingerprint density at radius 2 is 1.54 bits per heavy atom. The van der Waals surface area contributed by atoms with Crippen LogP contribution in [0, 0.1) is 6.92 Å². The summed E-state index contributed by atoms with van der Waals surface area (Å²) in [6, 6.07) is 18.4. The number of rotatable bonds is 4. The van der Waals surface area contributed by atoms with Gasteiger partial charge in [-0.25, -0.2) is 0 Å². The maximum absolute atomic E-state index is 12.2. The first-order valence-electron chi connectivity index (χ1n) is 8.05. The lowest BCUT2D eigenvalue weighted by atomic mass is 10.2. The third-order valence-corrected chi connectivity index (χ3v) is 3.94. The zero-order valence-electron chi connectivity index (χ0n) is 14.0. The molecule has 0 fully saturated rings. The van der Waals surface area contributed by atoms with Crippen LogP contribution in [0.25, 0.3) is 22.9 Å². The van der Waals surface area contributed by atoms with Crippen molar-refractivity contribution in [1.82, 2.24) is 10.2 Å². The highest BCUT2D eigenvalue weighted by Crippen LogP contribution is 2.25. The fourth-order valence-corrected chi connectivity index (χ4v) is 2.55. The average Bonchev–Trinajstić information content (AvgIpc) is 3.32. The van der Waals surface area contributed by atoms with Crippen molar-refractivity contribution in [2.24, 2.45) is 0 Å². The van der Waals surface area contributed by atoms with E-state index < -0.39 is 0 Å². The number of aromatic nitrogens is 2. The van der Waals surface area contributed by atoms with Crippen LogP contribution in [0.4, 0.5) is 5.69 Å². The summed E-state index contributed by atoms with van der Waals surface area (Å²) in [6.45, 7) is 1.75. The van der Waals surface area contributed by atoms with Crippen molar-refractivity contribution in [1.29, 1.82) is 0 Å². The van der Waals surface area contributed by atoms with Crippen molar-refractivity contribution in [3.8, 4) is 22.9 Å². The summed E-state index contributed by atoms with van der Waals surface area (Å²) in [4.78, 5) is 12.2. The van der Waals surface area contributed by atoms with Crippen LogP contribution in [0.3, 0.4) is 0 Å². The summed E-state index contributed by atoms with van der Waals surface area (Å²) >= 11 is 0. The summed E-state index contributed by atoms with van der Waals surface area (Å²) < 4.78 is 10.9. The molecule has 0 bridgehead atoms. The Morgan fingerprint density at radius 1 is 0.885 bits per heavy atom. The van der Waals surface area contributed by atoms with Crippen molar-refractivity contribution in [3.05, 3.63) is 78.3 Å². The lowest BCUT2D eigenvalue weighted by Crippen LogP contribution is -2.11. The van der Waals surface area contributed by atoms with E-state index >= 15 is 0 Å². The Morgan fingerprint density at radius 3 is 2.15 bits per heavy atom. The van der Waals surface area contributed by atoms with E-state index in [0.717, 1.165) is 11.1 Å². The minimum Gasteiger partial charge on any atom is -0.469 e. The summed E-state index contributed by atoms with van der Waals surface area (Å²) in [5, 5.41) is 11.0. The molecule has 0 atom stereocenters. The zero-order valence-corrected chi connectivity index (χ0v) is 14.0. The molecule has 2 aromatic carbocycles. The van der Waals surface area contributed by atoms with Gasteiger partial charge in [0.05, 0.1) is 11.8 Å². The molecule has 6 heteroatoms. The van der Waals surface area contributed by atoms with E-state index in [9.17, 15) is 4.79 Å². The molecule has 2 heterocycles. The molecule has 0 radical (unpaired) electrons. The topological polar surface area (TPSA) is 81.2 Å². The van der Waals surface area contributed by atoms with Crippen LogP contribution in [-0.2, 0) is 0 Å². The van der Waals surface area contributed by atoms with Crippen molar-refractivity contribution in [2.75, 3.05) is 5.32 Å². The van der Waals surface area contributed by atoms with Gasteiger partial charge in [0.2, 0.25) is 11.8 Å². The molecule has 2 aromatic heterocycles. The van der Waals surface area contributed by atoms with Gasteiger partial charge in [0, 0.05) is 16.8 Å². The summed E-state index contributed by atoms with van der Waals surface area (Å²) in [5.74, 6) is 1.26. The minimum absolute atomic E-state index is 0.215. The SMILES string of the molecule is Cc1occc1C(=O)Nc1ccc(-c2nnc(-c3ccccc3)o2)cc1. The fraction of sp³-hybridized carbons (Fsp3) is 0.0500. The third kappa shape index (κ3) is 3.12. The second-order valence-electron chi connectivity index (χ2n) is 5.70. The number of anilines is 1. The Balaban J connectivity index is 1.51. The van der Waals surface area contributed by atoms with Gasteiger partial charge in [-0.15, -0.1) is 10.2 Å². The van der Waals surface area contributed by atoms with Crippen LogP contribution in [0.1, 0.15) is 16.1 Å². The molecule has 128 valence electrons. The molecule has 26 heavy (non-hydrogen) atoms. The van der Waals surface area contributed by atoms with Crippen LogP contribution in [0.2, 0.25) is 0 Å². The number of nitrogens with one attached hydrogen (secondary N) is 1. The van der Waals surface area contributed by atoms with Gasteiger partial charge in [-0.2, -0.15) is 0 Å². The monoisotopic (exact) mass is 345 g/mol. The number of aryl methyl sites for hydroxylation is 1. The molecule has 0 saturated carbocycles. The largest absolute Gasteiger partial charge is 0.469 e. The molecule has 0 aliphatic carbocycles. The predicted molar refractivity (Wildman–Crippen MR) is 96.6 cm³/mol. The maximum Gasteiger partial charge on any atom is 0.259 e. The second-order valence-corrected chi connectivity index (χ2v) is 5.70. The van der Waals surface area contributed by atoms with E-state index in [1.54, 1.807) is 25.1 Å². The summed E-state index contributed by atoms with van der Waals surface area (Å²) in [6.07, 6.45) is 1.49. The molecule has 1 N–H and O–H groups in total. The number of carbonyl (C=O) groups is 1. The Labute approximate surface area is 149 Å². The van der Waals surface area contributed by atoms with Gasteiger partial charge in [-0.1, -0.05) is 18.2 Å². The lowest BCUT2D eigenvalue weighted by molar-refractivity contribution is 0.102. The van der Waals surface area contributed by atoms with E-state index in [4.69, 9.17) is 8.83 Å². The quantitative estimate of drug-likeness (QED) is 0.586. The van der Waals surface area contributed by atoms with Gasteiger partial charge < -0.3 is 14.2 Å². The number of hydrogen-bond acceptors (Lipinski definition) is 5. The first-order valence-corrected chi connectivity index (χ1v) is 8.05. The molecule has 0 unspecified atom stereocenters. The third-order valence-electron chi connectivity index (χ3n) is 3.94. The Bertz CT molecular complexity index is 1030. The molecular formula is C20H15N3O3. The zero-order chi connectivity index (χ0) is 17.9. The maximum atomic E-state index is 12.2. The van der Waals surface area contributed by atoms with Crippen LogP contribution in [-0.4, -0.2) is 16.1 Å². The number of carbonyl (C=O) groups excluding carboxylic acids is 1.